The average Bonchev–Trinajstić information content (AvgIpc) is 2.74. The predicted molar refractivity (Wildman–Crippen MR) is 119 cm³/mol. The van der Waals surface area contributed by atoms with Crippen molar-refractivity contribution in [3.05, 3.63) is 102 Å². The van der Waals surface area contributed by atoms with Gasteiger partial charge in [-0.05, 0) is 42.7 Å². The van der Waals surface area contributed by atoms with Crippen LogP contribution < -0.4 is 5.32 Å². The van der Waals surface area contributed by atoms with Crippen molar-refractivity contribution in [2.75, 3.05) is 5.32 Å². The van der Waals surface area contributed by atoms with Gasteiger partial charge in [-0.3, -0.25) is 4.57 Å². The molecule has 3 aromatic carbocycles. The van der Waals surface area contributed by atoms with E-state index in [2.05, 4.69) is 19.2 Å². The molecule has 5 heteroatoms. The van der Waals surface area contributed by atoms with Crippen molar-refractivity contribution in [2.45, 2.75) is 39.3 Å². The summed E-state index contributed by atoms with van der Waals surface area (Å²) in [6, 6.07) is 27.7. The Hall–Kier alpha value is -2.39. The minimum Gasteiger partial charge on any atom is -0.383 e. The van der Waals surface area contributed by atoms with E-state index in [9.17, 15) is 4.57 Å². The first-order valence-corrected chi connectivity index (χ1v) is 11.6. The molecule has 0 saturated carbocycles. The van der Waals surface area contributed by atoms with E-state index in [1.54, 1.807) is 0 Å². The molecule has 0 bridgehead atoms. The highest BCUT2D eigenvalue weighted by atomic mass is 31.2. The molecule has 29 heavy (non-hydrogen) atoms. The SMILES string of the molecule is CC(C)Nc1ccc(CP(=O)(OCc2ccccc2)OCc2ccccc2)cc1. The molecule has 0 amide bonds. The molecule has 0 aliphatic rings. The van der Waals surface area contributed by atoms with Crippen LogP contribution in [0.15, 0.2) is 84.9 Å². The summed E-state index contributed by atoms with van der Waals surface area (Å²) >= 11 is 0. The van der Waals surface area contributed by atoms with Gasteiger partial charge in [0, 0.05) is 11.7 Å². The zero-order valence-electron chi connectivity index (χ0n) is 17.0. The number of hydrogen-bond acceptors (Lipinski definition) is 4. The summed E-state index contributed by atoms with van der Waals surface area (Å²) in [4.78, 5) is 0. The lowest BCUT2D eigenvalue weighted by molar-refractivity contribution is 0.190. The number of hydrogen-bond donors (Lipinski definition) is 1. The van der Waals surface area contributed by atoms with Gasteiger partial charge in [-0.2, -0.15) is 0 Å². The molecule has 0 heterocycles. The Morgan fingerprint density at radius 2 is 1.21 bits per heavy atom. The summed E-state index contributed by atoms with van der Waals surface area (Å²) in [5, 5.41) is 3.36. The average molecular weight is 409 g/mol. The molecular weight excluding hydrogens is 381 g/mol. The van der Waals surface area contributed by atoms with Crippen LogP contribution in [-0.4, -0.2) is 6.04 Å². The molecule has 4 nitrogen and oxygen atoms in total. The summed E-state index contributed by atoms with van der Waals surface area (Å²) in [5.74, 6) is 0. The predicted octanol–water partition coefficient (Wildman–Crippen LogP) is 6.63. The van der Waals surface area contributed by atoms with E-state index in [4.69, 9.17) is 9.05 Å². The lowest BCUT2D eigenvalue weighted by Gasteiger charge is -2.19. The van der Waals surface area contributed by atoms with Crippen LogP contribution >= 0.6 is 7.60 Å². The fraction of sp³-hybridized carbons (Fsp3) is 0.250. The molecule has 0 atom stereocenters. The molecule has 0 saturated heterocycles. The van der Waals surface area contributed by atoms with E-state index in [1.807, 2.05) is 84.9 Å². The Labute approximate surface area is 173 Å². The molecule has 0 unspecified atom stereocenters. The first-order valence-electron chi connectivity index (χ1n) is 9.84. The van der Waals surface area contributed by atoms with Crippen molar-refractivity contribution in [2.24, 2.45) is 0 Å². The van der Waals surface area contributed by atoms with Gasteiger partial charge in [-0.25, -0.2) is 0 Å². The third kappa shape index (κ3) is 7.17. The molecule has 0 spiro atoms. The van der Waals surface area contributed by atoms with Crippen LogP contribution in [0.25, 0.3) is 0 Å². The molecule has 0 fully saturated rings. The van der Waals surface area contributed by atoms with E-state index in [1.165, 1.54) is 0 Å². The number of rotatable bonds is 10. The third-order valence-electron chi connectivity index (χ3n) is 4.33. The minimum atomic E-state index is -3.34. The van der Waals surface area contributed by atoms with E-state index in [0.29, 0.717) is 6.04 Å². The topological polar surface area (TPSA) is 47.6 Å². The van der Waals surface area contributed by atoms with Crippen LogP contribution in [0, 0.1) is 0 Å². The van der Waals surface area contributed by atoms with Gasteiger partial charge in [-0.1, -0.05) is 72.8 Å². The Morgan fingerprint density at radius 3 is 1.66 bits per heavy atom. The van der Waals surface area contributed by atoms with Crippen molar-refractivity contribution >= 4 is 13.3 Å². The quantitative estimate of drug-likeness (QED) is 0.382. The summed E-state index contributed by atoms with van der Waals surface area (Å²) in [6.45, 7) is 4.69. The lowest BCUT2D eigenvalue weighted by atomic mass is 10.2. The smallest absolute Gasteiger partial charge is 0.335 e. The molecule has 0 radical (unpaired) electrons. The molecule has 0 aliphatic heterocycles. The van der Waals surface area contributed by atoms with Crippen LogP contribution in [0.2, 0.25) is 0 Å². The highest BCUT2D eigenvalue weighted by Gasteiger charge is 2.26. The van der Waals surface area contributed by atoms with Crippen molar-refractivity contribution < 1.29 is 13.6 Å². The molecule has 3 aromatic rings. The Balaban J connectivity index is 1.71. The second-order valence-corrected chi connectivity index (χ2v) is 9.34. The molecule has 1 N–H and O–H groups in total. The zero-order chi connectivity index (χ0) is 20.5. The van der Waals surface area contributed by atoms with Gasteiger partial charge >= 0.3 is 7.60 Å². The van der Waals surface area contributed by atoms with Crippen LogP contribution in [0.4, 0.5) is 5.69 Å². The maximum atomic E-state index is 13.5. The van der Waals surface area contributed by atoms with Crippen molar-refractivity contribution in [1.29, 1.82) is 0 Å². The van der Waals surface area contributed by atoms with Gasteiger partial charge in [0.2, 0.25) is 0 Å². The Kier molecular flexibility index (Phi) is 7.65. The first-order chi connectivity index (χ1) is 14.0. The fourth-order valence-electron chi connectivity index (χ4n) is 2.89. The Bertz CT molecular complexity index is 864. The number of anilines is 1. The van der Waals surface area contributed by atoms with E-state index in [0.717, 1.165) is 22.4 Å². The lowest BCUT2D eigenvalue weighted by Crippen LogP contribution is -2.09. The molecule has 0 aromatic heterocycles. The van der Waals surface area contributed by atoms with Crippen LogP contribution in [0.3, 0.4) is 0 Å². The second-order valence-electron chi connectivity index (χ2n) is 7.28. The monoisotopic (exact) mass is 409 g/mol. The van der Waals surface area contributed by atoms with Gasteiger partial charge in [0.25, 0.3) is 0 Å². The number of nitrogens with one attached hydrogen (secondary N) is 1. The summed E-state index contributed by atoms with van der Waals surface area (Å²) in [6.07, 6.45) is 0.231. The van der Waals surface area contributed by atoms with Crippen LogP contribution in [-0.2, 0) is 33.0 Å². The summed E-state index contributed by atoms with van der Waals surface area (Å²) < 4.78 is 25.2. The Morgan fingerprint density at radius 1 is 0.724 bits per heavy atom. The van der Waals surface area contributed by atoms with Crippen molar-refractivity contribution in [1.82, 2.24) is 0 Å². The molecule has 0 aliphatic carbocycles. The van der Waals surface area contributed by atoms with Crippen molar-refractivity contribution in [3.63, 3.8) is 0 Å². The van der Waals surface area contributed by atoms with E-state index in [-0.39, 0.29) is 19.4 Å². The highest BCUT2D eigenvalue weighted by molar-refractivity contribution is 7.52. The minimum absolute atomic E-state index is 0.231. The van der Waals surface area contributed by atoms with Crippen molar-refractivity contribution in [3.8, 4) is 0 Å². The number of benzene rings is 3. The summed E-state index contributed by atoms with van der Waals surface area (Å²) in [5.41, 5.74) is 3.89. The standard InChI is InChI=1S/C24H28NO3P/c1-20(2)25-24-15-13-23(14-16-24)19-29(26,27-17-21-9-5-3-6-10-21)28-18-22-11-7-4-8-12-22/h3-16,20,25H,17-19H2,1-2H3. The van der Waals surface area contributed by atoms with Gasteiger partial charge < -0.3 is 14.4 Å². The van der Waals surface area contributed by atoms with Crippen LogP contribution in [0.1, 0.15) is 30.5 Å². The van der Waals surface area contributed by atoms with Crippen LogP contribution in [0.5, 0.6) is 0 Å². The summed E-state index contributed by atoms with van der Waals surface area (Å²) in [7, 11) is -3.34. The third-order valence-corrected chi connectivity index (χ3v) is 6.12. The molecule has 152 valence electrons. The first kappa shape index (κ1) is 21.3. The second kappa shape index (κ2) is 10.4. The van der Waals surface area contributed by atoms with E-state index < -0.39 is 7.60 Å². The maximum Gasteiger partial charge on any atom is 0.335 e. The fourth-order valence-corrected chi connectivity index (χ4v) is 4.49. The highest BCUT2D eigenvalue weighted by Crippen LogP contribution is 2.52. The van der Waals surface area contributed by atoms with Gasteiger partial charge in [-0.15, -0.1) is 0 Å². The van der Waals surface area contributed by atoms with Gasteiger partial charge in [0.15, 0.2) is 0 Å². The van der Waals surface area contributed by atoms with Gasteiger partial charge in [0.05, 0.1) is 19.4 Å². The molecular formula is C24H28NO3P. The maximum absolute atomic E-state index is 13.5. The van der Waals surface area contributed by atoms with E-state index >= 15 is 0 Å². The normalized spacial score (nSPS) is 11.6. The molecule has 3 rings (SSSR count). The largest absolute Gasteiger partial charge is 0.383 e. The zero-order valence-corrected chi connectivity index (χ0v) is 17.8. The van der Waals surface area contributed by atoms with Gasteiger partial charge in [0.1, 0.15) is 0 Å².